The van der Waals surface area contributed by atoms with Gasteiger partial charge in [0.05, 0.1) is 5.75 Å². The molecule has 0 bridgehead atoms. The molecule has 2 heterocycles. The fraction of sp³-hybridized carbons (Fsp3) is 0.200. The molecule has 0 unspecified atom stereocenters. The molecule has 9 heteroatoms. The molecule has 0 aromatic carbocycles. The van der Waals surface area contributed by atoms with Crippen LogP contribution in [0.2, 0.25) is 0 Å². The first kappa shape index (κ1) is 13.6. The van der Waals surface area contributed by atoms with Crippen molar-refractivity contribution >= 4 is 35.0 Å². The summed E-state index contributed by atoms with van der Waals surface area (Å²) in [7, 11) is 0. The average molecular weight is 297 g/mol. The summed E-state index contributed by atoms with van der Waals surface area (Å²) < 4.78 is 0. The maximum absolute atomic E-state index is 11.2. The van der Waals surface area contributed by atoms with Gasteiger partial charge in [0.1, 0.15) is 5.82 Å². The van der Waals surface area contributed by atoms with Crippen molar-refractivity contribution in [1.29, 1.82) is 0 Å². The van der Waals surface area contributed by atoms with Crippen molar-refractivity contribution in [2.75, 3.05) is 5.75 Å². The molecule has 0 aliphatic carbocycles. The van der Waals surface area contributed by atoms with E-state index in [2.05, 4.69) is 15.2 Å². The van der Waals surface area contributed by atoms with Gasteiger partial charge in [-0.2, -0.15) is 0 Å². The first-order valence-corrected chi connectivity index (χ1v) is 7.16. The van der Waals surface area contributed by atoms with Crippen LogP contribution in [0.5, 0.6) is 0 Å². The smallest absolute Gasteiger partial charge is 0.318 e. The maximum Gasteiger partial charge on any atom is 0.318 e. The van der Waals surface area contributed by atoms with Crippen molar-refractivity contribution in [1.82, 2.24) is 20.5 Å². The summed E-state index contributed by atoms with van der Waals surface area (Å²) in [6.07, 6.45) is 0.679. The number of urea groups is 1. The van der Waals surface area contributed by atoms with Crippen LogP contribution in [0, 0.1) is 0 Å². The number of nitrogens with one attached hydrogen (secondary N) is 2. The van der Waals surface area contributed by atoms with Crippen LogP contribution in [0.25, 0.3) is 0 Å². The monoisotopic (exact) mass is 297 g/mol. The summed E-state index contributed by atoms with van der Waals surface area (Å²) in [4.78, 5) is 27.1. The van der Waals surface area contributed by atoms with E-state index in [4.69, 9.17) is 5.73 Å². The van der Waals surface area contributed by atoms with Crippen LogP contribution in [0.15, 0.2) is 22.7 Å². The first-order chi connectivity index (χ1) is 9.13. The summed E-state index contributed by atoms with van der Waals surface area (Å²) in [5, 5.41) is 11.2. The van der Waals surface area contributed by atoms with Crippen molar-refractivity contribution < 1.29 is 9.59 Å². The number of hydrogen-bond donors (Lipinski definition) is 3. The number of thioether (sulfide) groups is 1. The molecule has 0 saturated carbocycles. The van der Waals surface area contributed by atoms with Crippen molar-refractivity contribution in [2.24, 2.45) is 5.73 Å². The average Bonchev–Trinajstić information content (AvgIpc) is 2.98. The number of rotatable bonds is 5. The van der Waals surface area contributed by atoms with Crippen LogP contribution >= 0.6 is 23.1 Å². The maximum atomic E-state index is 11.2. The van der Waals surface area contributed by atoms with Crippen molar-refractivity contribution in [3.05, 3.63) is 28.2 Å². The lowest BCUT2D eigenvalue weighted by Gasteiger charge is -1.97. The highest BCUT2D eigenvalue weighted by molar-refractivity contribution is 7.99. The van der Waals surface area contributed by atoms with E-state index in [1.165, 1.54) is 4.88 Å². The quantitative estimate of drug-likeness (QED) is 0.704. The number of imide groups is 1. The Labute approximate surface area is 117 Å². The summed E-state index contributed by atoms with van der Waals surface area (Å²) in [5.41, 5.74) is 4.83. The van der Waals surface area contributed by atoms with Crippen LogP contribution in [-0.2, 0) is 11.2 Å². The zero-order valence-electron chi connectivity index (χ0n) is 9.75. The molecule has 0 atom stereocenters. The molecule has 19 heavy (non-hydrogen) atoms. The number of primary amides is 1. The topological polar surface area (TPSA) is 114 Å². The van der Waals surface area contributed by atoms with Crippen LogP contribution in [0.4, 0.5) is 4.79 Å². The number of carbonyl (C=O) groups is 2. The molecule has 0 aliphatic heterocycles. The van der Waals surface area contributed by atoms with E-state index in [1.807, 2.05) is 22.8 Å². The Morgan fingerprint density at radius 2 is 2.37 bits per heavy atom. The van der Waals surface area contributed by atoms with E-state index in [-0.39, 0.29) is 5.75 Å². The Balaban J connectivity index is 1.84. The molecule has 7 nitrogen and oxygen atoms in total. The molecule has 4 N–H and O–H groups in total. The highest BCUT2D eigenvalue weighted by Gasteiger charge is 2.09. The van der Waals surface area contributed by atoms with E-state index >= 15 is 0 Å². The normalized spacial score (nSPS) is 10.3. The van der Waals surface area contributed by atoms with Gasteiger partial charge >= 0.3 is 6.03 Å². The lowest BCUT2D eigenvalue weighted by Crippen LogP contribution is -2.36. The molecular weight excluding hydrogens is 286 g/mol. The van der Waals surface area contributed by atoms with E-state index in [9.17, 15) is 9.59 Å². The molecule has 2 aromatic heterocycles. The fourth-order valence-corrected chi connectivity index (χ4v) is 2.63. The summed E-state index contributed by atoms with van der Waals surface area (Å²) in [6.45, 7) is 0. The third-order valence-corrected chi connectivity index (χ3v) is 3.75. The second kappa shape index (κ2) is 6.34. The minimum atomic E-state index is -0.862. The molecule has 0 aliphatic rings. The highest BCUT2D eigenvalue weighted by Crippen LogP contribution is 2.15. The molecule has 0 spiro atoms. The van der Waals surface area contributed by atoms with E-state index in [0.717, 1.165) is 17.6 Å². The van der Waals surface area contributed by atoms with E-state index < -0.39 is 11.9 Å². The van der Waals surface area contributed by atoms with Gasteiger partial charge < -0.3 is 5.73 Å². The largest absolute Gasteiger partial charge is 0.351 e. The fourth-order valence-electron chi connectivity index (χ4n) is 1.30. The van der Waals surface area contributed by atoms with Gasteiger partial charge in [0.15, 0.2) is 0 Å². The molecule has 0 radical (unpaired) electrons. The molecule has 2 rings (SSSR count). The Hall–Kier alpha value is -1.87. The Kier molecular flexibility index (Phi) is 4.53. The number of nitrogens with zero attached hydrogens (tertiary/aromatic N) is 2. The highest BCUT2D eigenvalue weighted by atomic mass is 32.2. The van der Waals surface area contributed by atoms with Gasteiger partial charge in [0.2, 0.25) is 11.1 Å². The minimum Gasteiger partial charge on any atom is -0.351 e. The molecule has 100 valence electrons. The number of aromatic amines is 1. The Bertz CT molecular complexity index is 566. The molecule has 0 fully saturated rings. The number of hydrogen-bond acceptors (Lipinski definition) is 6. The minimum absolute atomic E-state index is 0.0409. The van der Waals surface area contributed by atoms with E-state index in [0.29, 0.717) is 11.6 Å². The number of nitrogens with two attached hydrogens (primary N) is 1. The van der Waals surface area contributed by atoms with Crippen molar-refractivity contribution in [3.8, 4) is 0 Å². The van der Waals surface area contributed by atoms with Crippen LogP contribution in [-0.4, -0.2) is 32.9 Å². The zero-order valence-corrected chi connectivity index (χ0v) is 11.4. The lowest BCUT2D eigenvalue weighted by molar-refractivity contribution is -0.117. The number of thiophene rings is 1. The molecular formula is C10H11N5O2S2. The zero-order chi connectivity index (χ0) is 13.7. The van der Waals surface area contributed by atoms with Crippen molar-refractivity contribution in [2.45, 2.75) is 11.6 Å². The summed E-state index contributed by atoms with van der Waals surface area (Å²) >= 11 is 2.78. The number of H-pyrrole nitrogens is 1. The summed E-state index contributed by atoms with van der Waals surface area (Å²) in [5.74, 6) is 0.307. The third kappa shape index (κ3) is 4.38. The van der Waals surface area contributed by atoms with Gasteiger partial charge in [0, 0.05) is 11.3 Å². The lowest BCUT2D eigenvalue weighted by atomic mass is 10.3. The third-order valence-electron chi connectivity index (χ3n) is 2.03. The second-order valence-corrected chi connectivity index (χ2v) is 5.50. The number of aromatic nitrogens is 3. The van der Waals surface area contributed by atoms with Gasteiger partial charge in [-0.3, -0.25) is 15.2 Å². The SMILES string of the molecule is NC(=O)NC(=O)CSc1n[nH]c(Cc2cccs2)n1. The Morgan fingerprint density at radius 3 is 3.05 bits per heavy atom. The number of carbonyl (C=O) groups excluding carboxylic acids is 2. The standard InChI is InChI=1S/C10H11N5O2S2/c11-9(17)13-8(16)5-19-10-12-7(14-15-10)4-6-2-1-3-18-6/h1-3H,4-5H2,(H,12,14,15)(H3,11,13,16,17). The van der Waals surface area contributed by atoms with Gasteiger partial charge in [0.25, 0.3) is 0 Å². The summed E-state index contributed by atoms with van der Waals surface area (Å²) in [6, 6.07) is 3.12. The first-order valence-electron chi connectivity index (χ1n) is 5.29. The van der Waals surface area contributed by atoms with Crippen LogP contribution in [0.1, 0.15) is 10.7 Å². The molecule has 0 saturated heterocycles. The van der Waals surface area contributed by atoms with Gasteiger partial charge in [-0.15, -0.1) is 16.4 Å². The van der Waals surface area contributed by atoms with Gasteiger partial charge in [-0.1, -0.05) is 17.8 Å². The van der Waals surface area contributed by atoms with E-state index in [1.54, 1.807) is 11.3 Å². The van der Waals surface area contributed by atoms with Gasteiger partial charge in [-0.05, 0) is 11.4 Å². The second-order valence-electron chi connectivity index (χ2n) is 3.52. The van der Waals surface area contributed by atoms with Crippen LogP contribution < -0.4 is 11.1 Å². The molecule has 2 aromatic rings. The number of amides is 3. The van der Waals surface area contributed by atoms with Crippen molar-refractivity contribution in [3.63, 3.8) is 0 Å². The predicted octanol–water partition coefficient (Wildman–Crippen LogP) is 0.744. The Morgan fingerprint density at radius 1 is 1.53 bits per heavy atom. The predicted molar refractivity (Wildman–Crippen MR) is 72.0 cm³/mol. The molecule has 3 amide bonds. The van der Waals surface area contributed by atoms with Crippen LogP contribution in [0.3, 0.4) is 0 Å². The van der Waals surface area contributed by atoms with Gasteiger partial charge in [-0.25, -0.2) is 9.78 Å².